The van der Waals surface area contributed by atoms with Crippen LogP contribution in [-0.2, 0) is 12.8 Å². The predicted octanol–water partition coefficient (Wildman–Crippen LogP) is 15.9. The van der Waals surface area contributed by atoms with Crippen LogP contribution in [0.15, 0.2) is 56.1 Å². The van der Waals surface area contributed by atoms with E-state index in [1.807, 2.05) is 22.7 Å². The van der Waals surface area contributed by atoms with Gasteiger partial charge in [0.2, 0.25) is 0 Å². The van der Waals surface area contributed by atoms with Gasteiger partial charge in [0.25, 0.3) is 0 Å². The fraction of sp³-hybridized carbons (Fsp3) is 0.400. The maximum Gasteiger partial charge on any atom is 0.114 e. The van der Waals surface area contributed by atoms with Crippen molar-refractivity contribution in [2.45, 2.75) is 104 Å². The molecule has 0 saturated heterocycles. The van der Waals surface area contributed by atoms with Gasteiger partial charge < -0.3 is 0 Å². The molecule has 0 atom stereocenters. The Morgan fingerprint density at radius 3 is 1.18 bits per heavy atom. The van der Waals surface area contributed by atoms with E-state index in [4.69, 9.17) is 17.5 Å². The third-order valence-electron chi connectivity index (χ3n) is 9.61. The van der Waals surface area contributed by atoms with Crippen LogP contribution in [0.25, 0.3) is 63.8 Å². The number of aryl methyl sites for hydroxylation is 2. The van der Waals surface area contributed by atoms with E-state index in [2.05, 4.69) is 94.2 Å². The minimum Gasteiger partial charge on any atom is -0.172 e. The van der Waals surface area contributed by atoms with Crippen LogP contribution >= 0.6 is 89.3 Å². The molecule has 0 saturated carbocycles. The number of thiophene rings is 3. The van der Waals surface area contributed by atoms with Crippen LogP contribution in [0.3, 0.4) is 0 Å². The molecule has 0 aliphatic heterocycles. The lowest BCUT2D eigenvalue weighted by atomic mass is 10.0. The number of benzene rings is 2. The summed E-state index contributed by atoms with van der Waals surface area (Å²) in [7, 11) is 0. The second-order valence-electron chi connectivity index (χ2n) is 13.3. The van der Waals surface area contributed by atoms with Crippen molar-refractivity contribution in [3.63, 3.8) is 0 Å². The molecule has 4 nitrogen and oxygen atoms in total. The Labute approximate surface area is 338 Å². The Kier molecular flexibility index (Phi) is 13.2. The summed E-state index contributed by atoms with van der Waals surface area (Å²) in [4.78, 5) is 4.88. The van der Waals surface area contributed by atoms with Crippen LogP contribution in [0.5, 0.6) is 0 Å². The number of halogens is 2. The highest BCUT2D eigenvalue weighted by atomic mass is 79.9. The molecule has 0 spiro atoms. The summed E-state index contributed by atoms with van der Waals surface area (Å²) in [5.41, 5.74) is 11.3. The van der Waals surface area contributed by atoms with Crippen molar-refractivity contribution in [2.24, 2.45) is 0 Å². The maximum atomic E-state index is 4.82. The molecule has 0 aliphatic rings. The molecule has 0 radical (unpaired) electrons. The highest BCUT2D eigenvalue weighted by molar-refractivity contribution is 9.11. The first-order valence-electron chi connectivity index (χ1n) is 18.2. The summed E-state index contributed by atoms with van der Waals surface area (Å²) in [5.74, 6) is 0. The van der Waals surface area contributed by atoms with E-state index in [1.165, 1.54) is 150 Å². The summed E-state index contributed by atoms with van der Waals surface area (Å²) in [6.07, 6.45) is 18.0. The first-order chi connectivity index (χ1) is 25.1. The lowest BCUT2D eigenvalue weighted by Gasteiger charge is -2.05. The van der Waals surface area contributed by atoms with Gasteiger partial charge in [0, 0.05) is 41.8 Å². The summed E-state index contributed by atoms with van der Waals surface area (Å²) in [6.45, 7) is 4.55. The van der Waals surface area contributed by atoms with Gasteiger partial charge in [-0.25, -0.2) is 0 Å². The van der Waals surface area contributed by atoms with Crippen molar-refractivity contribution in [1.82, 2.24) is 17.5 Å². The molecule has 0 bridgehead atoms. The Hall–Kier alpha value is -1.86. The molecule has 0 amide bonds. The highest BCUT2D eigenvalue weighted by Gasteiger charge is 2.20. The third kappa shape index (κ3) is 8.60. The molecule has 5 heterocycles. The van der Waals surface area contributed by atoms with E-state index in [9.17, 15) is 0 Å². The molecule has 11 heteroatoms. The van der Waals surface area contributed by atoms with Gasteiger partial charge in [-0.2, -0.15) is 17.5 Å². The van der Waals surface area contributed by atoms with Crippen molar-refractivity contribution in [3.8, 4) is 41.8 Å². The van der Waals surface area contributed by atoms with Crippen molar-refractivity contribution in [1.29, 1.82) is 0 Å². The van der Waals surface area contributed by atoms with E-state index in [-0.39, 0.29) is 0 Å². The van der Waals surface area contributed by atoms with Gasteiger partial charge in [-0.05, 0) is 92.9 Å². The van der Waals surface area contributed by atoms with Gasteiger partial charge in [-0.3, -0.25) is 0 Å². The quantitative estimate of drug-likeness (QED) is 0.0805. The zero-order valence-electron chi connectivity index (χ0n) is 29.1. The van der Waals surface area contributed by atoms with Crippen molar-refractivity contribution >= 4 is 111 Å². The average molecular weight is 899 g/mol. The molecule has 266 valence electrons. The van der Waals surface area contributed by atoms with Gasteiger partial charge in [0.1, 0.15) is 22.1 Å². The van der Waals surface area contributed by atoms with Crippen LogP contribution in [-0.4, -0.2) is 17.5 Å². The molecule has 7 rings (SSSR count). The number of fused-ring (bicyclic) bond motifs is 2. The van der Waals surface area contributed by atoms with Gasteiger partial charge in [-0.15, -0.1) is 34.0 Å². The number of rotatable bonds is 18. The normalized spacial score (nSPS) is 11.8. The minimum atomic E-state index is 0.976. The molecular formula is C40H42Br2N4S5. The molecule has 0 fully saturated rings. The SMILES string of the molecule is CCCCCCCCc1cc(-c2ccc(-c3ccc(-c4ccc(-c5cc(CCCCCCCC)c(Br)s5)c5nsnc45)s3)c3nsnc23)sc1Br. The van der Waals surface area contributed by atoms with E-state index in [0.717, 1.165) is 46.0 Å². The molecule has 0 aliphatic carbocycles. The number of unbranched alkanes of at least 4 members (excludes halogenated alkanes) is 10. The molecule has 2 aromatic carbocycles. The van der Waals surface area contributed by atoms with E-state index >= 15 is 0 Å². The van der Waals surface area contributed by atoms with Crippen LogP contribution in [0.2, 0.25) is 0 Å². The second kappa shape index (κ2) is 18.0. The molecule has 51 heavy (non-hydrogen) atoms. The Balaban J connectivity index is 1.09. The zero-order chi connectivity index (χ0) is 35.2. The third-order valence-corrected chi connectivity index (χ3v) is 15.8. The number of nitrogens with zero attached hydrogens (tertiary/aromatic N) is 4. The van der Waals surface area contributed by atoms with Crippen molar-refractivity contribution < 1.29 is 0 Å². The molecular weight excluding hydrogens is 857 g/mol. The number of hydrogen-bond acceptors (Lipinski definition) is 9. The predicted molar refractivity (Wildman–Crippen MR) is 233 cm³/mol. The van der Waals surface area contributed by atoms with Gasteiger partial charge in [-0.1, -0.05) is 102 Å². The van der Waals surface area contributed by atoms with E-state index in [0.29, 0.717) is 0 Å². The topological polar surface area (TPSA) is 51.6 Å². The van der Waals surface area contributed by atoms with Crippen LogP contribution < -0.4 is 0 Å². The fourth-order valence-electron chi connectivity index (χ4n) is 6.77. The van der Waals surface area contributed by atoms with Gasteiger partial charge in [0.05, 0.1) is 31.0 Å². The summed E-state index contributed by atoms with van der Waals surface area (Å²) < 4.78 is 21.7. The summed E-state index contributed by atoms with van der Waals surface area (Å²) in [5, 5.41) is 0. The molecule has 0 N–H and O–H groups in total. The molecule has 0 unspecified atom stereocenters. The standard InChI is InChI=1S/C40H42Br2N4S5/c1-3-5-7-9-11-13-15-25-23-33(48-39(25)41)29-19-17-27(35-37(29)45-50-43-35)31-21-22-32(47-31)28-18-20-30(38-36(28)44-51-46-38)34-24-26(40(42)49-34)16-14-12-10-8-6-4-2/h17-24H,3-16H2,1-2H3. The zero-order valence-corrected chi connectivity index (χ0v) is 36.4. The Bertz CT molecular complexity index is 2050. The summed E-state index contributed by atoms with van der Waals surface area (Å²) in [6, 6.07) is 18.1. The fourth-order valence-corrected chi connectivity index (χ4v) is 12.6. The highest BCUT2D eigenvalue weighted by Crippen LogP contribution is 2.45. The Morgan fingerprint density at radius 2 is 0.784 bits per heavy atom. The van der Waals surface area contributed by atoms with Crippen LogP contribution in [0, 0.1) is 0 Å². The van der Waals surface area contributed by atoms with Crippen LogP contribution in [0.4, 0.5) is 0 Å². The first-order valence-corrected chi connectivity index (χ1v) is 23.7. The minimum absolute atomic E-state index is 0.976. The number of hydrogen-bond donors (Lipinski definition) is 0. The lowest BCUT2D eigenvalue weighted by Crippen LogP contribution is -1.85. The van der Waals surface area contributed by atoms with Crippen molar-refractivity contribution in [2.75, 3.05) is 0 Å². The van der Waals surface area contributed by atoms with Gasteiger partial charge in [0.15, 0.2) is 0 Å². The van der Waals surface area contributed by atoms with E-state index < -0.39 is 0 Å². The smallest absolute Gasteiger partial charge is 0.114 e. The monoisotopic (exact) mass is 896 g/mol. The van der Waals surface area contributed by atoms with E-state index in [1.54, 1.807) is 11.3 Å². The van der Waals surface area contributed by atoms with Gasteiger partial charge >= 0.3 is 0 Å². The Morgan fingerprint density at radius 1 is 0.431 bits per heavy atom. The lowest BCUT2D eigenvalue weighted by molar-refractivity contribution is 0.607. The average Bonchev–Trinajstić information content (AvgIpc) is 3.99. The summed E-state index contributed by atoms with van der Waals surface area (Å²) >= 11 is 15.8. The first kappa shape index (κ1) is 37.5. The van der Waals surface area contributed by atoms with Crippen LogP contribution in [0.1, 0.15) is 102 Å². The number of aromatic nitrogens is 4. The van der Waals surface area contributed by atoms with Crippen molar-refractivity contribution in [3.05, 3.63) is 67.2 Å². The largest absolute Gasteiger partial charge is 0.172 e. The molecule has 7 aromatic rings. The maximum absolute atomic E-state index is 4.82. The molecule has 5 aromatic heterocycles. The second-order valence-corrected chi connectivity index (χ2v) is 20.1.